The van der Waals surface area contributed by atoms with Gasteiger partial charge in [-0.2, -0.15) is 0 Å². The van der Waals surface area contributed by atoms with E-state index < -0.39 is 0 Å². The quantitative estimate of drug-likeness (QED) is 0.750. The van der Waals surface area contributed by atoms with Gasteiger partial charge in [-0.25, -0.2) is 4.98 Å². The molecule has 25 heavy (non-hydrogen) atoms. The molecule has 4 heteroatoms. The minimum Gasteiger partial charge on any atom is -0.352 e. The maximum absolute atomic E-state index is 12.2. The Morgan fingerprint density at radius 1 is 1.08 bits per heavy atom. The van der Waals surface area contributed by atoms with Gasteiger partial charge in [0.05, 0.1) is 0 Å². The molecule has 128 valence electrons. The number of hydrogen-bond acceptors (Lipinski definition) is 2. The molecule has 0 aliphatic rings. The molecule has 3 aromatic rings. The number of nitrogens with zero attached hydrogens (tertiary/aromatic N) is 2. The number of benzene rings is 2. The zero-order valence-electron chi connectivity index (χ0n) is 14.7. The number of carbonyl (C=O) groups is 1. The zero-order chi connectivity index (χ0) is 17.6. The van der Waals surface area contributed by atoms with Crippen LogP contribution in [0.25, 0.3) is 0 Å². The van der Waals surface area contributed by atoms with Crippen LogP contribution in [0.15, 0.2) is 60.8 Å². The fourth-order valence-electron chi connectivity index (χ4n) is 2.87. The van der Waals surface area contributed by atoms with E-state index in [2.05, 4.69) is 33.9 Å². The first-order valence-electron chi connectivity index (χ1n) is 8.53. The van der Waals surface area contributed by atoms with Gasteiger partial charge in [-0.3, -0.25) is 4.79 Å². The second kappa shape index (κ2) is 7.79. The predicted octanol–water partition coefficient (Wildman–Crippen LogP) is 3.52. The van der Waals surface area contributed by atoms with Gasteiger partial charge in [0.25, 0.3) is 5.91 Å². The van der Waals surface area contributed by atoms with Crippen molar-refractivity contribution in [2.75, 3.05) is 6.54 Å². The van der Waals surface area contributed by atoms with Crippen LogP contribution >= 0.6 is 0 Å². The van der Waals surface area contributed by atoms with Crippen LogP contribution in [0.2, 0.25) is 0 Å². The van der Waals surface area contributed by atoms with E-state index in [1.165, 1.54) is 5.56 Å². The van der Waals surface area contributed by atoms with E-state index in [0.29, 0.717) is 18.5 Å². The van der Waals surface area contributed by atoms with Gasteiger partial charge in [0.2, 0.25) is 0 Å². The third-order valence-corrected chi connectivity index (χ3v) is 4.24. The molecule has 0 spiro atoms. The van der Waals surface area contributed by atoms with Gasteiger partial charge in [-0.05, 0) is 31.5 Å². The maximum Gasteiger partial charge on any atom is 0.251 e. The predicted molar refractivity (Wildman–Crippen MR) is 99.7 cm³/mol. The molecule has 0 saturated carbocycles. The Hall–Kier alpha value is -2.88. The van der Waals surface area contributed by atoms with Gasteiger partial charge in [0, 0.05) is 37.0 Å². The van der Waals surface area contributed by atoms with Crippen molar-refractivity contribution in [2.45, 2.75) is 26.8 Å². The molecule has 0 bridgehead atoms. The summed E-state index contributed by atoms with van der Waals surface area (Å²) in [5.74, 6) is 0.951. The smallest absolute Gasteiger partial charge is 0.251 e. The molecule has 2 aromatic carbocycles. The van der Waals surface area contributed by atoms with Crippen molar-refractivity contribution >= 4 is 5.91 Å². The normalized spacial score (nSPS) is 10.6. The molecule has 0 radical (unpaired) electrons. The molecule has 0 unspecified atom stereocenters. The van der Waals surface area contributed by atoms with Crippen molar-refractivity contribution < 1.29 is 4.79 Å². The van der Waals surface area contributed by atoms with Gasteiger partial charge in [-0.15, -0.1) is 0 Å². The summed E-state index contributed by atoms with van der Waals surface area (Å²) in [5.41, 5.74) is 4.16. The van der Waals surface area contributed by atoms with Crippen LogP contribution in [0.1, 0.15) is 33.0 Å². The largest absolute Gasteiger partial charge is 0.352 e. The number of hydrogen-bond donors (Lipinski definition) is 1. The van der Waals surface area contributed by atoms with Gasteiger partial charge < -0.3 is 9.88 Å². The summed E-state index contributed by atoms with van der Waals surface area (Å²) < 4.78 is 2.20. The molecule has 1 aromatic heterocycles. The van der Waals surface area contributed by atoms with Gasteiger partial charge >= 0.3 is 0 Å². The van der Waals surface area contributed by atoms with Crippen LogP contribution in [-0.2, 0) is 13.0 Å². The summed E-state index contributed by atoms with van der Waals surface area (Å²) in [6, 6.07) is 18.0. The highest BCUT2D eigenvalue weighted by molar-refractivity contribution is 5.94. The van der Waals surface area contributed by atoms with Crippen LogP contribution in [0.3, 0.4) is 0 Å². The molecular formula is C21H23N3O. The van der Waals surface area contributed by atoms with E-state index >= 15 is 0 Å². The fourth-order valence-corrected chi connectivity index (χ4v) is 2.87. The molecular weight excluding hydrogens is 310 g/mol. The maximum atomic E-state index is 12.2. The summed E-state index contributed by atoms with van der Waals surface area (Å²) in [4.78, 5) is 16.7. The minimum atomic E-state index is -0.0402. The van der Waals surface area contributed by atoms with E-state index in [1.807, 2.05) is 55.6 Å². The molecule has 0 aliphatic carbocycles. The zero-order valence-corrected chi connectivity index (χ0v) is 14.7. The molecule has 0 fully saturated rings. The second-order valence-corrected chi connectivity index (χ2v) is 6.26. The average molecular weight is 333 g/mol. The standard InChI is InChI=1S/C21H23N3O/c1-16-7-6-10-19(13-16)21(25)22-12-11-20-23-14-17(2)24(20)15-18-8-4-3-5-9-18/h3-10,13-14H,11-12,15H2,1-2H3,(H,22,25). The number of aromatic nitrogens is 2. The van der Waals surface area contributed by atoms with E-state index in [9.17, 15) is 4.79 Å². The van der Waals surface area contributed by atoms with Crippen LogP contribution in [0.4, 0.5) is 0 Å². The van der Waals surface area contributed by atoms with Crippen molar-refractivity contribution in [1.82, 2.24) is 14.9 Å². The molecule has 1 heterocycles. The van der Waals surface area contributed by atoms with E-state index in [4.69, 9.17) is 0 Å². The Kier molecular flexibility index (Phi) is 5.29. The van der Waals surface area contributed by atoms with Gasteiger partial charge in [0.1, 0.15) is 5.82 Å². The Labute approximate surface area is 148 Å². The molecule has 1 N–H and O–H groups in total. The highest BCUT2D eigenvalue weighted by Crippen LogP contribution is 2.10. The lowest BCUT2D eigenvalue weighted by Crippen LogP contribution is -2.26. The number of aryl methyl sites for hydroxylation is 2. The topological polar surface area (TPSA) is 46.9 Å². The average Bonchev–Trinajstić information content (AvgIpc) is 2.96. The number of amides is 1. The summed E-state index contributed by atoms with van der Waals surface area (Å²) in [6.45, 7) is 5.41. The van der Waals surface area contributed by atoms with Gasteiger partial charge in [-0.1, -0.05) is 48.0 Å². The third kappa shape index (κ3) is 4.35. The monoisotopic (exact) mass is 333 g/mol. The molecule has 4 nitrogen and oxygen atoms in total. The summed E-state index contributed by atoms with van der Waals surface area (Å²) >= 11 is 0. The Bertz CT molecular complexity index is 853. The van der Waals surface area contributed by atoms with Crippen molar-refractivity contribution in [3.8, 4) is 0 Å². The highest BCUT2D eigenvalue weighted by atomic mass is 16.1. The van der Waals surface area contributed by atoms with Crippen LogP contribution in [-0.4, -0.2) is 22.0 Å². The lowest BCUT2D eigenvalue weighted by atomic mass is 10.1. The van der Waals surface area contributed by atoms with Gasteiger partial charge in [0.15, 0.2) is 0 Å². The van der Waals surface area contributed by atoms with E-state index in [1.54, 1.807) is 0 Å². The first kappa shape index (κ1) is 17.0. The molecule has 0 atom stereocenters. The Balaban J connectivity index is 1.61. The van der Waals surface area contributed by atoms with Crippen molar-refractivity contribution in [2.24, 2.45) is 0 Å². The first-order chi connectivity index (χ1) is 12.1. The van der Waals surface area contributed by atoms with Crippen LogP contribution in [0, 0.1) is 13.8 Å². The molecule has 3 rings (SSSR count). The van der Waals surface area contributed by atoms with Crippen molar-refractivity contribution in [1.29, 1.82) is 0 Å². The number of nitrogens with one attached hydrogen (secondary N) is 1. The first-order valence-corrected chi connectivity index (χ1v) is 8.53. The summed E-state index contributed by atoms with van der Waals surface area (Å²) in [6.07, 6.45) is 2.60. The lowest BCUT2D eigenvalue weighted by molar-refractivity contribution is 0.0954. The molecule has 0 saturated heterocycles. The van der Waals surface area contributed by atoms with E-state index in [0.717, 1.165) is 23.6 Å². The summed E-state index contributed by atoms with van der Waals surface area (Å²) in [7, 11) is 0. The van der Waals surface area contributed by atoms with Crippen LogP contribution in [0.5, 0.6) is 0 Å². The number of imidazole rings is 1. The number of carbonyl (C=O) groups excluding carboxylic acids is 1. The fraction of sp³-hybridized carbons (Fsp3) is 0.238. The van der Waals surface area contributed by atoms with Crippen LogP contribution < -0.4 is 5.32 Å². The van der Waals surface area contributed by atoms with E-state index in [-0.39, 0.29) is 5.91 Å². The molecule has 0 aliphatic heterocycles. The second-order valence-electron chi connectivity index (χ2n) is 6.26. The summed E-state index contributed by atoms with van der Waals surface area (Å²) in [5, 5.41) is 2.98. The number of rotatable bonds is 6. The Morgan fingerprint density at radius 3 is 2.64 bits per heavy atom. The third-order valence-electron chi connectivity index (χ3n) is 4.24. The van der Waals surface area contributed by atoms with Crippen molar-refractivity contribution in [3.05, 3.63) is 89.0 Å². The Morgan fingerprint density at radius 2 is 1.88 bits per heavy atom. The molecule has 1 amide bonds. The van der Waals surface area contributed by atoms with Crippen molar-refractivity contribution in [3.63, 3.8) is 0 Å². The lowest BCUT2D eigenvalue weighted by Gasteiger charge is -2.11. The minimum absolute atomic E-state index is 0.0402. The SMILES string of the molecule is Cc1cccc(C(=O)NCCc2ncc(C)n2Cc2ccccc2)c1. The highest BCUT2D eigenvalue weighted by Gasteiger charge is 2.09.